The minimum atomic E-state index is -0.933. The van der Waals surface area contributed by atoms with Gasteiger partial charge in [0, 0.05) is 12.7 Å². The number of benzene rings is 3. The van der Waals surface area contributed by atoms with Crippen molar-refractivity contribution in [1.29, 1.82) is 0 Å². The van der Waals surface area contributed by atoms with Crippen molar-refractivity contribution in [2.75, 3.05) is 26.8 Å². The van der Waals surface area contributed by atoms with Crippen LogP contribution in [0.2, 0.25) is 0 Å². The lowest BCUT2D eigenvalue weighted by Crippen LogP contribution is -2.29. The van der Waals surface area contributed by atoms with E-state index in [1.165, 1.54) is 18.2 Å². The zero-order chi connectivity index (χ0) is 29.3. The van der Waals surface area contributed by atoms with Gasteiger partial charge in [0.1, 0.15) is 18.9 Å². The standard InChI is InChI=1S/C13H10O.C8H11N.C6H14N2O2.C3H6O3/c14-10-11-6-8-13(9-7-11)12-4-2-1-3-5-12;9-7-6-8-4-2-1-3-5-8;7-4-2-1-3-5(8)6(9)10;1-6-2-3(4)5/h1-10H;1-5H,6-7,9H2;5H,1-4,7-8H2,(H,9,10);2H2,1H3,(H,4,5). The number of ether oxygens (including phenoxy) is 1. The van der Waals surface area contributed by atoms with E-state index in [1.54, 1.807) is 0 Å². The number of hydrogen-bond donors (Lipinski definition) is 5. The molecule has 0 aliphatic carbocycles. The van der Waals surface area contributed by atoms with Gasteiger partial charge in [-0.25, -0.2) is 4.79 Å². The summed E-state index contributed by atoms with van der Waals surface area (Å²) >= 11 is 0. The lowest BCUT2D eigenvalue weighted by molar-refractivity contribution is -0.141. The molecule has 0 aromatic heterocycles. The molecule has 39 heavy (non-hydrogen) atoms. The van der Waals surface area contributed by atoms with Crippen LogP contribution in [0.25, 0.3) is 11.1 Å². The Labute approximate surface area is 230 Å². The number of carboxylic acid groups (broad SMARTS) is 2. The van der Waals surface area contributed by atoms with E-state index in [0.29, 0.717) is 18.5 Å². The third-order valence-corrected chi connectivity index (χ3v) is 4.98. The molecule has 9 heteroatoms. The summed E-state index contributed by atoms with van der Waals surface area (Å²) < 4.78 is 4.20. The van der Waals surface area contributed by atoms with Crippen LogP contribution >= 0.6 is 0 Å². The van der Waals surface area contributed by atoms with Crippen LogP contribution in [0.3, 0.4) is 0 Å². The van der Waals surface area contributed by atoms with Gasteiger partial charge < -0.3 is 32.2 Å². The first kappa shape index (κ1) is 35.1. The molecule has 3 aromatic rings. The third kappa shape index (κ3) is 18.9. The number of unbranched alkanes of at least 4 members (excludes halogenated alkanes) is 1. The lowest BCUT2D eigenvalue weighted by Gasteiger charge is -2.03. The van der Waals surface area contributed by atoms with Crippen molar-refractivity contribution in [3.63, 3.8) is 0 Å². The second-order valence-electron chi connectivity index (χ2n) is 8.19. The summed E-state index contributed by atoms with van der Waals surface area (Å²) in [6, 6.07) is 27.2. The number of carboxylic acids is 2. The predicted molar refractivity (Wildman–Crippen MR) is 154 cm³/mol. The van der Waals surface area contributed by atoms with Crippen LogP contribution in [0.15, 0.2) is 84.9 Å². The molecule has 0 radical (unpaired) electrons. The Hall–Kier alpha value is -3.89. The highest BCUT2D eigenvalue weighted by atomic mass is 16.5. The van der Waals surface area contributed by atoms with Crippen LogP contribution in [0.1, 0.15) is 35.2 Å². The first-order valence-corrected chi connectivity index (χ1v) is 12.5. The van der Waals surface area contributed by atoms with Crippen molar-refractivity contribution in [3.8, 4) is 11.1 Å². The number of carbonyl (C=O) groups excluding carboxylic acids is 1. The topological polar surface area (TPSA) is 179 Å². The van der Waals surface area contributed by atoms with Crippen LogP contribution in [0, 0.1) is 0 Å². The van der Waals surface area contributed by atoms with Gasteiger partial charge in [0.2, 0.25) is 0 Å². The summed E-state index contributed by atoms with van der Waals surface area (Å²) in [7, 11) is 1.34. The quantitative estimate of drug-likeness (QED) is 0.180. The van der Waals surface area contributed by atoms with Crippen molar-refractivity contribution >= 4 is 18.2 Å². The fraction of sp³-hybridized carbons (Fsp3) is 0.300. The molecule has 0 heterocycles. The molecule has 0 aliphatic rings. The molecule has 3 rings (SSSR count). The SMILES string of the molecule is COCC(=O)O.NCCCCC(N)C(=O)O.NCCc1ccccc1.O=Cc1ccc(-c2ccccc2)cc1. The minimum absolute atomic E-state index is 0.208. The molecule has 9 nitrogen and oxygen atoms in total. The normalized spacial score (nSPS) is 10.3. The molecular weight excluding hydrogens is 498 g/mol. The summed E-state index contributed by atoms with van der Waals surface area (Å²) in [5.41, 5.74) is 20.1. The number of methoxy groups -OCH3 is 1. The average molecular weight is 540 g/mol. The molecule has 1 atom stereocenters. The zero-order valence-electron chi connectivity index (χ0n) is 22.4. The molecule has 8 N–H and O–H groups in total. The highest BCUT2D eigenvalue weighted by Crippen LogP contribution is 2.18. The fourth-order valence-corrected chi connectivity index (χ4v) is 2.95. The Morgan fingerprint density at radius 3 is 1.77 bits per heavy atom. The highest BCUT2D eigenvalue weighted by Gasteiger charge is 2.09. The van der Waals surface area contributed by atoms with Gasteiger partial charge in [-0.15, -0.1) is 0 Å². The Kier molecular flexibility index (Phi) is 20.9. The van der Waals surface area contributed by atoms with E-state index in [1.807, 2.05) is 60.7 Å². The molecule has 0 spiro atoms. The number of rotatable bonds is 11. The lowest BCUT2D eigenvalue weighted by atomic mass is 10.0. The maximum atomic E-state index is 10.5. The fourth-order valence-electron chi connectivity index (χ4n) is 2.95. The zero-order valence-corrected chi connectivity index (χ0v) is 22.4. The van der Waals surface area contributed by atoms with Crippen molar-refractivity contribution in [1.82, 2.24) is 0 Å². The number of nitrogens with two attached hydrogens (primary N) is 3. The minimum Gasteiger partial charge on any atom is -0.480 e. The largest absolute Gasteiger partial charge is 0.480 e. The van der Waals surface area contributed by atoms with E-state index in [9.17, 15) is 14.4 Å². The molecule has 0 fully saturated rings. The maximum absolute atomic E-state index is 10.5. The van der Waals surface area contributed by atoms with E-state index < -0.39 is 18.0 Å². The van der Waals surface area contributed by atoms with Crippen LogP contribution < -0.4 is 17.2 Å². The summed E-state index contributed by atoms with van der Waals surface area (Å²) in [5, 5.41) is 16.1. The number of hydrogen-bond acceptors (Lipinski definition) is 7. The summed E-state index contributed by atoms with van der Waals surface area (Å²) in [6.45, 7) is 1.14. The molecule has 212 valence electrons. The first-order valence-electron chi connectivity index (χ1n) is 12.5. The van der Waals surface area contributed by atoms with Crippen molar-refractivity contribution in [3.05, 3.63) is 96.1 Å². The first-order chi connectivity index (χ1) is 18.8. The van der Waals surface area contributed by atoms with Crippen LogP contribution in [0.5, 0.6) is 0 Å². The predicted octanol–water partition coefficient (Wildman–Crippen LogP) is 3.60. The van der Waals surface area contributed by atoms with Gasteiger partial charge in [-0.1, -0.05) is 91.3 Å². The number of carbonyl (C=O) groups is 3. The van der Waals surface area contributed by atoms with E-state index in [4.69, 9.17) is 27.4 Å². The molecular formula is C30H41N3O6. The molecule has 0 saturated heterocycles. The Bertz CT molecular complexity index is 1030. The van der Waals surface area contributed by atoms with E-state index in [0.717, 1.165) is 37.7 Å². The van der Waals surface area contributed by atoms with E-state index in [-0.39, 0.29) is 6.61 Å². The van der Waals surface area contributed by atoms with Gasteiger partial charge in [-0.2, -0.15) is 0 Å². The van der Waals surface area contributed by atoms with Gasteiger partial charge in [0.15, 0.2) is 0 Å². The van der Waals surface area contributed by atoms with Crippen molar-refractivity contribution < 1.29 is 29.3 Å². The van der Waals surface area contributed by atoms with Gasteiger partial charge in [-0.3, -0.25) is 9.59 Å². The summed E-state index contributed by atoms with van der Waals surface area (Å²) in [4.78, 5) is 30.1. The molecule has 0 aliphatic heterocycles. The van der Waals surface area contributed by atoms with Crippen LogP contribution in [-0.4, -0.2) is 61.3 Å². The third-order valence-electron chi connectivity index (χ3n) is 4.98. The van der Waals surface area contributed by atoms with Crippen LogP contribution in [0.4, 0.5) is 0 Å². The molecule has 0 bridgehead atoms. The summed E-state index contributed by atoms with van der Waals surface area (Å²) in [6.07, 6.45) is 4.01. The Balaban J connectivity index is 0.000000518. The van der Waals surface area contributed by atoms with E-state index >= 15 is 0 Å². The monoisotopic (exact) mass is 539 g/mol. The second kappa shape index (κ2) is 23.2. The smallest absolute Gasteiger partial charge is 0.329 e. The maximum Gasteiger partial charge on any atom is 0.329 e. The molecule has 1 unspecified atom stereocenters. The Morgan fingerprint density at radius 2 is 1.36 bits per heavy atom. The number of aldehydes is 1. The van der Waals surface area contributed by atoms with Gasteiger partial charge >= 0.3 is 11.9 Å². The van der Waals surface area contributed by atoms with Crippen molar-refractivity contribution in [2.45, 2.75) is 31.7 Å². The summed E-state index contributed by atoms with van der Waals surface area (Å²) in [5.74, 6) is -1.87. The highest BCUT2D eigenvalue weighted by molar-refractivity contribution is 5.76. The molecule has 0 saturated carbocycles. The molecule has 3 aromatic carbocycles. The van der Waals surface area contributed by atoms with Gasteiger partial charge in [0.05, 0.1) is 0 Å². The van der Waals surface area contributed by atoms with Crippen molar-refractivity contribution in [2.24, 2.45) is 17.2 Å². The van der Waals surface area contributed by atoms with E-state index in [2.05, 4.69) is 29.0 Å². The van der Waals surface area contributed by atoms with Gasteiger partial charge in [-0.05, 0) is 49.0 Å². The average Bonchev–Trinajstić information content (AvgIpc) is 2.95. The number of aliphatic carboxylic acids is 2. The molecule has 0 amide bonds. The van der Waals surface area contributed by atoms with Gasteiger partial charge in [0.25, 0.3) is 0 Å². The Morgan fingerprint density at radius 1 is 0.821 bits per heavy atom. The second-order valence-corrected chi connectivity index (χ2v) is 8.19. The van der Waals surface area contributed by atoms with Crippen LogP contribution in [-0.2, 0) is 20.7 Å².